The minimum atomic E-state index is -3.48. The van der Waals surface area contributed by atoms with Crippen LogP contribution >= 0.6 is 0 Å². The molecule has 0 radical (unpaired) electrons. The maximum Gasteiger partial charge on any atom is 0.335 e. The van der Waals surface area contributed by atoms with Gasteiger partial charge in [0, 0.05) is 19.1 Å². The zero-order valence-corrected chi connectivity index (χ0v) is 14.8. The van der Waals surface area contributed by atoms with Crippen LogP contribution in [0.2, 0.25) is 0 Å². The van der Waals surface area contributed by atoms with E-state index in [0.29, 0.717) is 19.5 Å². The highest BCUT2D eigenvalue weighted by molar-refractivity contribution is 7.89. The Balaban J connectivity index is 1.78. The van der Waals surface area contributed by atoms with Gasteiger partial charge in [-0.2, -0.15) is 0 Å². The first-order chi connectivity index (χ1) is 11.9. The Morgan fingerprint density at radius 1 is 1.12 bits per heavy atom. The van der Waals surface area contributed by atoms with E-state index >= 15 is 0 Å². The minimum absolute atomic E-state index is 0.0759. The summed E-state index contributed by atoms with van der Waals surface area (Å²) >= 11 is 0. The van der Waals surface area contributed by atoms with Gasteiger partial charge in [-0.3, -0.25) is 0 Å². The highest BCUT2D eigenvalue weighted by Crippen LogP contribution is 2.08. The molecule has 2 aromatic rings. The fourth-order valence-corrected chi connectivity index (χ4v) is 3.37. The molecule has 134 valence electrons. The van der Waals surface area contributed by atoms with Crippen LogP contribution in [0.5, 0.6) is 0 Å². The molecule has 0 bridgehead atoms. The lowest BCUT2D eigenvalue weighted by atomic mass is 10.1. The van der Waals surface area contributed by atoms with Crippen LogP contribution in [0.1, 0.15) is 29.3 Å². The second kappa shape index (κ2) is 8.75. The van der Waals surface area contributed by atoms with Gasteiger partial charge in [-0.1, -0.05) is 30.3 Å². The van der Waals surface area contributed by atoms with E-state index in [-0.39, 0.29) is 16.5 Å². The predicted molar refractivity (Wildman–Crippen MR) is 96.0 cm³/mol. The first kappa shape index (κ1) is 19.1. The van der Waals surface area contributed by atoms with Gasteiger partial charge < -0.3 is 10.4 Å². The molecule has 0 spiro atoms. The van der Waals surface area contributed by atoms with Crippen LogP contribution in [0, 0.1) is 0 Å². The summed E-state index contributed by atoms with van der Waals surface area (Å²) in [6.45, 7) is 2.80. The van der Waals surface area contributed by atoms with Crippen molar-refractivity contribution in [1.29, 1.82) is 0 Å². The third-order valence-corrected chi connectivity index (χ3v) is 5.23. The molecule has 0 aromatic heterocycles. The molecule has 1 unspecified atom stereocenters. The molecule has 0 saturated heterocycles. The molecular weight excluding hydrogens is 340 g/mol. The van der Waals surface area contributed by atoms with Crippen molar-refractivity contribution in [2.45, 2.75) is 30.8 Å². The highest BCUT2D eigenvalue weighted by Gasteiger charge is 2.13. The number of hydrogen-bond donors (Lipinski definition) is 3. The predicted octanol–water partition coefficient (Wildman–Crippen LogP) is 2.23. The van der Waals surface area contributed by atoms with Crippen molar-refractivity contribution in [2.75, 3.05) is 6.54 Å². The fraction of sp³-hybridized carbons (Fsp3) is 0.278. The molecule has 6 nitrogen and oxygen atoms in total. The summed E-state index contributed by atoms with van der Waals surface area (Å²) in [5.41, 5.74) is 1.12. The number of nitrogens with one attached hydrogen (secondary N) is 2. The molecule has 7 heteroatoms. The Morgan fingerprint density at radius 3 is 2.52 bits per heavy atom. The van der Waals surface area contributed by atoms with Crippen LogP contribution < -0.4 is 10.0 Å². The van der Waals surface area contributed by atoms with E-state index in [9.17, 15) is 13.2 Å². The van der Waals surface area contributed by atoms with Crippen LogP contribution in [0.3, 0.4) is 0 Å². The second-order valence-electron chi connectivity index (χ2n) is 5.79. The van der Waals surface area contributed by atoms with Crippen LogP contribution in [-0.2, 0) is 16.6 Å². The monoisotopic (exact) mass is 362 g/mol. The van der Waals surface area contributed by atoms with Gasteiger partial charge in [0.2, 0.25) is 10.0 Å². The van der Waals surface area contributed by atoms with E-state index in [2.05, 4.69) is 10.0 Å². The maximum absolute atomic E-state index is 12.1. The molecule has 3 N–H and O–H groups in total. The largest absolute Gasteiger partial charge is 0.478 e. The normalized spacial score (nSPS) is 12.7. The van der Waals surface area contributed by atoms with Crippen LogP contribution in [0.15, 0.2) is 59.5 Å². The van der Waals surface area contributed by atoms with Gasteiger partial charge in [0.1, 0.15) is 0 Å². The van der Waals surface area contributed by atoms with Gasteiger partial charge in [0.05, 0.1) is 10.5 Å². The standard InChI is InChI=1S/C18H22N2O4S/c1-14(19-13-15-6-5-7-16(12-15)18(21)22)10-11-20-25(23,24)17-8-3-2-4-9-17/h2-9,12,14,19-20H,10-11,13H2,1H3,(H,21,22). The smallest absolute Gasteiger partial charge is 0.335 e. The third-order valence-electron chi connectivity index (χ3n) is 3.75. The summed E-state index contributed by atoms with van der Waals surface area (Å²) in [7, 11) is -3.48. The Bertz CT molecular complexity index is 807. The summed E-state index contributed by atoms with van der Waals surface area (Å²) in [5.74, 6) is -0.954. The van der Waals surface area contributed by atoms with Crippen molar-refractivity contribution in [1.82, 2.24) is 10.0 Å². The lowest BCUT2D eigenvalue weighted by Crippen LogP contribution is -2.32. The van der Waals surface area contributed by atoms with Crippen molar-refractivity contribution >= 4 is 16.0 Å². The fourth-order valence-electron chi connectivity index (χ4n) is 2.30. The Hall–Kier alpha value is -2.22. The number of hydrogen-bond acceptors (Lipinski definition) is 4. The number of carboxylic acids is 1. The van der Waals surface area contributed by atoms with Gasteiger partial charge >= 0.3 is 5.97 Å². The zero-order chi connectivity index (χ0) is 18.3. The summed E-state index contributed by atoms with van der Waals surface area (Å²) < 4.78 is 26.8. The lowest BCUT2D eigenvalue weighted by Gasteiger charge is -2.14. The topological polar surface area (TPSA) is 95.5 Å². The highest BCUT2D eigenvalue weighted by atomic mass is 32.2. The van der Waals surface area contributed by atoms with Gasteiger partial charge in [-0.15, -0.1) is 0 Å². The summed E-state index contributed by atoms with van der Waals surface area (Å²) in [6, 6.07) is 15.1. The molecule has 0 amide bonds. The van der Waals surface area contributed by atoms with E-state index in [1.807, 2.05) is 13.0 Å². The van der Waals surface area contributed by atoms with E-state index in [1.165, 1.54) is 0 Å². The molecule has 0 fully saturated rings. The first-order valence-corrected chi connectivity index (χ1v) is 9.47. The molecule has 2 aromatic carbocycles. The maximum atomic E-state index is 12.1. The zero-order valence-electron chi connectivity index (χ0n) is 14.0. The Labute approximate surface area is 147 Å². The SMILES string of the molecule is CC(CCNS(=O)(=O)c1ccccc1)NCc1cccc(C(=O)O)c1. The molecular formula is C18H22N2O4S. The first-order valence-electron chi connectivity index (χ1n) is 7.99. The molecule has 0 saturated carbocycles. The molecule has 0 heterocycles. The van der Waals surface area contributed by atoms with Crippen LogP contribution in [0.25, 0.3) is 0 Å². The second-order valence-corrected chi connectivity index (χ2v) is 7.55. The summed E-state index contributed by atoms with van der Waals surface area (Å²) in [6.07, 6.45) is 0.616. The average Bonchev–Trinajstić information content (AvgIpc) is 2.61. The average molecular weight is 362 g/mol. The van der Waals surface area contributed by atoms with Crippen molar-refractivity contribution in [3.05, 3.63) is 65.7 Å². The minimum Gasteiger partial charge on any atom is -0.478 e. The van der Waals surface area contributed by atoms with Crippen molar-refractivity contribution in [3.63, 3.8) is 0 Å². The summed E-state index contributed by atoms with van der Waals surface area (Å²) in [4.78, 5) is 11.2. The van der Waals surface area contributed by atoms with E-state index in [0.717, 1.165) is 5.56 Å². The Kier molecular flexibility index (Phi) is 6.69. The molecule has 1 atom stereocenters. The van der Waals surface area contributed by atoms with Crippen LogP contribution in [0.4, 0.5) is 0 Å². The quantitative estimate of drug-likeness (QED) is 0.636. The number of benzene rings is 2. The summed E-state index contributed by atoms with van der Waals surface area (Å²) in [5, 5.41) is 12.3. The third kappa shape index (κ3) is 5.97. The lowest BCUT2D eigenvalue weighted by molar-refractivity contribution is 0.0696. The van der Waals surface area contributed by atoms with Crippen molar-refractivity contribution in [3.8, 4) is 0 Å². The van der Waals surface area contributed by atoms with Gasteiger partial charge in [-0.05, 0) is 43.2 Å². The van der Waals surface area contributed by atoms with Crippen molar-refractivity contribution < 1.29 is 18.3 Å². The van der Waals surface area contributed by atoms with E-state index < -0.39 is 16.0 Å². The molecule has 25 heavy (non-hydrogen) atoms. The van der Waals surface area contributed by atoms with E-state index in [1.54, 1.807) is 48.5 Å². The number of carbonyl (C=O) groups is 1. The molecule has 0 aliphatic carbocycles. The Morgan fingerprint density at radius 2 is 1.84 bits per heavy atom. The van der Waals surface area contributed by atoms with Crippen LogP contribution in [-0.4, -0.2) is 32.1 Å². The number of aromatic carboxylic acids is 1. The van der Waals surface area contributed by atoms with E-state index in [4.69, 9.17) is 5.11 Å². The number of sulfonamides is 1. The van der Waals surface area contributed by atoms with Gasteiger partial charge in [0.25, 0.3) is 0 Å². The molecule has 0 aliphatic rings. The van der Waals surface area contributed by atoms with Gasteiger partial charge in [0.15, 0.2) is 0 Å². The number of rotatable bonds is 9. The molecule has 2 rings (SSSR count). The van der Waals surface area contributed by atoms with Crippen molar-refractivity contribution in [2.24, 2.45) is 0 Å². The number of carboxylic acid groups (broad SMARTS) is 1. The molecule has 0 aliphatic heterocycles. The van der Waals surface area contributed by atoms with Gasteiger partial charge in [-0.25, -0.2) is 17.9 Å².